The predicted molar refractivity (Wildman–Crippen MR) is 101 cm³/mol. The SMILES string of the molecule is COc1ccc(CNC(=O)CSCc2nc(-c3ccccc3)no2)cc1. The molecule has 0 atom stereocenters. The Morgan fingerprint density at radius 3 is 2.65 bits per heavy atom. The Morgan fingerprint density at radius 1 is 1.15 bits per heavy atom. The molecule has 0 radical (unpaired) electrons. The van der Waals surface area contributed by atoms with Gasteiger partial charge in [0.05, 0.1) is 18.6 Å². The maximum atomic E-state index is 11.9. The zero-order valence-corrected chi connectivity index (χ0v) is 15.2. The molecule has 134 valence electrons. The van der Waals surface area contributed by atoms with Crippen LogP contribution in [0.25, 0.3) is 11.4 Å². The van der Waals surface area contributed by atoms with E-state index < -0.39 is 0 Å². The first kappa shape index (κ1) is 18.0. The second-order valence-electron chi connectivity index (χ2n) is 5.50. The lowest BCUT2D eigenvalue weighted by molar-refractivity contribution is -0.118. The first-order valence-electron chi connectivity index (χ1n) is 8.10. The fourth-order valence-electron chi connectivity index (χ4n) is 2.24. The fourth-order valence-corrected chi connectivity index (χ4v) is 2.93. The van der Waals surface area contributed by atoms with Crippen LogP contribution in [0.1, 0.15) is 11.5 Å². The number of amides is 1. The Labute approximate surface area is 156 Å². The largest absolute Gasteiger partial charge is 0.497 e. The van der Waals surface area contributed by atoms with Gasteiger partial charge < -0.3 is 14.6 Å². The van der Waals surface area contributed by atoms with Crippen LogP contribution in [-0.4, -0.2) is 28.9 Å². The highest BCUT2D eigenvalue weighted by Gasteiger charge is 2.09. The van der Waals surface area contributed by atoms with E-state index in [1.165, 1.54) is 11.8 Å². The van der Waals surface area contributed by atoms with E-state index in [4.69, 9.17) is 9.26 Å². The summed E-state index contributed by atoms with van der Waals surface area (Å²) >= 11 is 1.44. The number of ether oxygens (including phenoxy) is 1. The van der Waals surface area contributed by atoms with E-state index in [0.29, 0.717) is 29.8 Å². The van der Waals surface area contributed by atoms with E-state index in [2.05, 4.69) is 15.5 Å². The number of carbonyl (C=O) groups excluding carboxylic acids is 1. The van der Waals surface area contributed by atoms with Gasteiger partial charge in [-0.3, -0.25) is 4.79 Å². The minimum Gasteiger partial charge on any atom is -0.497 e. The number of thioether (sulfide) groups is 1. The number of hydrogen-bond donors (Lipinski definition) is 1. The van der Waals surface area contributed by atoms with Crippen molar-refractivity contribution in [2.24, 2.45) is 0 Å². The molecular formula is C19H19N3O3S. The van der Waals surface area contributed by atoms with Crippen molar-refractivity contribution in [3.05, 3.63) is 66.1 Å². The summed E-state index contributed by atoms with van der Waals surface area (Å²) in [7, 11) is 1.63. The van der Waals surface area contributed by atoms with Crippen LogP contribution < -0.4 is 10.1 Å². The Balaban J connectivity index is 1.40. The van der Waals surface area contributed by atoms with Crippen LogP contribution in [0, 0.1) is 0 Å². The molecule has 6 nitrogen and oxygen atoms in total. The first-order chi connectivity index (χ1) is 12.7. The lowest BCUT2D eigenvalue weighted by atomic mass is 10.2. The van der Waals surface area contributed by atoms with Crippen molar-refractivity contribution in [2.75, 3.05) is 12.9 Å². The highest BCUT2D eigenvalue weighted by Crippen LogP contribution is 2.17. The molecule has 1 N–H and O–H groups in total. The number of rotatable bonds is 8. The van der Waals surface area contributed by atoms with E-state index >= 15 is 0 Å². The van der Waals surface area contributed by atoms with Crippen molar-refractivity contribution in [1.29, 1.82) is 0 Å². The van der Waals surface area contributed by atoms with Gasteiger partial charge in [0, 0.05) is 12.1 Å². The van der Waals surface area contributed by atoms with Gasteiger partial charge in [-0.25, -0.2) is 0 Å². The minimum absolute atomic E-state index is 0.0337. The predicted octanol–water partition coefficient (Wildman–Crippen LogP) is 3.29. The quantitative estimate of drug-likeness (QED) is 0.656. The van der Waals surface area contributed by atoms with Gasteiger partial charge in [-0.1, -0.05) is 47.6 Å². The van der Waals surface area contributed by atoms with Crippen LogP contribution in [0.15, 0.2) is 59.1 Å². The summed E-state index contributed by atoms with van der Waals surface area (Å²) in [6, 6.07) is 17.2. The first-order valence-corrected chi connectivity index (χ1v) is 9.25. The lowest BCUT2D eigenvalue weighted by Gasteiger charge is -2.05. The average Bonchev–Trinajstić information content (AvgIpc) is 3.16. The summed E-state index contributed by atoms with van der Waals surface area (Å²) in [5.74, 6) is 2.66. The number of aromatic nitrogens is 2. The minimum atomic E-state index is -0.0337. The Bertz CT molecular complexity index is 835. The highest BCUT2D eigenvalue weighted by molar-refractivity contribution is 7.99. The van der Waals surface area contributed by atoms with Crippen LogP contribution >= 0.6 is 11.8 Å². The second kappa shape index (κ2) is 9.05. The van der Waals surface area contributed by atoms with Crippen molar-refractivity contribution in [3.63, 3.8) is 0 Å². The summed E-state index contributed by atoms with van der Waals surface area (Å²) in [5.41, 5.74) is 1.93. The van der Waals surface area contributed by atoms with Gasteiger partial charge in [0.15, 0.2) is 0 Å². The molecule has 3 aromatic rings. The van der Waals surface area contributed by atoms with Crippen molar-refractivity contribution in [2.45, 2.75) is 12.3 Å². The van der Waals surface area contributed by atoms with Crippen LogP contribution in [0.2, 0.25) is 0 Å². The smallest absolute Gasteiger partial charge is 0.236 e. The molecule has 7 heteroatoms. The molecular weight excluding hydrogens is 350 g/mol. The van der Waals surface area contributed by atoms with Crippen molar-refractivity contribution >= 4 is 17.7 Å². The monoisotopic (exact) mass is 369 g/mol. The molecule has 0 unspecified atom stereocenters. The van der Waals surface area contributed by atoms with E-state index in [0.717, 1.165) is 16.9 Å². The molecule has 0 spiro atoms. The summed E-state index contributed by atoms with van der Waals surface area (Å²) < 4.78 is 10.3. The molecule has 0 fully saturated rings. The summed E-state index contributed by atoms with van der Waals surface area (Å²) in [5, 5.41) is 6.85. The molecule has 0 bridgehead atoms. The molecule has 3 rings (SSSR count). The van der Waals surface area contributed by atoms with Crippen LogP contribution in [-0.2, 0) is 17.1 Å². The number of hydrogen-bond acceptors (Lipinski definition) is 6. The normalized spacial score (nSPS) is 10.5. The molecule has 0 saturated carbocycles. The van der Waals surface area contributed by atoms with Gasteiger partial charge in [0.2, 0.25) is 17.6 Å². The summed E-state index contributed by atoms with van der Waals surface area (Å²) in [6.07, 6.45) is 0. The van der Waals surface area contributed by atoms with Crippen molar-refractivity contribution in [3.8, 4) is 17.1 Å². The van der Waals surface area contributed by atoms with Gasteiger partial charge in [0.1, 0.15) is 5.75 Å². The zero-order chi connectivity index (χ0) is 18.2. The van der Waals surface area contributed by atoms with Gasteiger partial charge in [-0.15, -0.1) is 11.8 Å². The van der Waals surface area contributed by atoms with Gasteiger partial charge in [-0.2, -0.15) is 4.98 Å². The molecule has 1 heterocycles. The topological polar surface area (TPSA) is 77.2 Å². The lowest BCUT2D eigenvalue weighted by Crippen LogP contribution is -2.24. The number of nitrogens with one attached hydrogen (secondary N) is 1. The Hall–Kier alpha value is -2.80. The second-order valence-corrected chi connectivity index (χ2v) is 6.48. The van der Waals surface area contributed by atoms with E-state index in [1.54, 1.807) is 7.11 Å². The summed E-state index contributed by atoms with van der Waals surface area (Å²) in [4.78, 5) is 16.3. The van der Waals surface area contributed by atoms with Crippen LogP contribution in [0.4, 0.5) is 0 Å². The average molecular weight is 369 g/mol. The summed E-state index contributed by atoms with van der Waals surface area (Å²) in [6.45, 7) is 0.488. The van der Waals surface area contributed by atoms with Crippen LogP contribution in [0.3, 0.4) is 0 Å². The van der Waals surface area contributed by atoms with Crippen molar-refractivity contribution in [1.82, 2.24) is 15.5 Å². The van der Waals surface area contributed by atoms with Crippen molar-refractivity contribution < 1.29 is 14.1 Å². The molecule has 0 aliphatic heterocycles. The number of nitrogens with zero attached hydrogens (tertiary/aromatic N) is 2. The Kier molecular flexibility index (Phi) is 6.27. The fraction of sp³-hybridized carbons (Fsp3) is 0.211. The number of carbonyl (C=O) groups is 1. The Morgan fingerprint density at radius 2 is 1.92 bits per heavy atom. The molecule has 1 amide bonds. The van der Waals surface area contributed by atoms with Gasteiger partial charge >= 0.3 is 0 Å². The molecule has 0 saturated heterocycles. The molecule has 1 aromatic heterocycles. The zero-order valence-electron chi connectivity index (χ0n) is 14.3. The van der Waals surface area contributed by atoms with Gasteiger partial charge in [-0.05, 0) is 17.7 Å². The number of methoxy groups -OCH3 is 1. The molecule has 2 aromatic carbocycles. The third kappa shape index (κ3) is 5.10. The number of benzene rings is 2. The maximum absolute atomic E-state index is 11.9. The molecule has 0 aliphatic carbocycles. The molecule has 0 aliphatic rings. The van der Waals surface area contributed by atoms with Crippen LogP contribution in [0.5, 0.6) is 5.75 Å². The molecule has 26 heavy (non-hydrogen) atoms. The standard InChI is InChI=1S/C19H19N3O3S/c1-24-16-9-7-14(8-10-16)11-20-17(23)12-26-13-18-21-19(22-25-18)15-5-3-2-4-6-15/h2-10H,11-13H2,1H3,(H,20,23). The van der Waals surface area contributed by atoms with E-state index in [9.17, 15) is 4.79 Å². The highest BCUT2D eigenvalue weighted by atomic mass is 32.2. The third-order valence-electron chi connectivity index (χ3n) is 3.61. The third-order valence-corrected chi connectivity index (χ3v) is 4.52. The van der Waals surface area contributed by atoms with Gasteiger partial charge in [0.25, 0.3) is 0 Å². The maximum Gasteiger partial charge on any atom is 0.236 e. The van der Waals surface area contributed by atoms with E-state index in [1.807, 2.05) is 54.6 Å². The van der Waals surface area contributed by atoms with E-state index in [-0.39, 0.29) is 5.91 Å².